The third-order valence-corrected chi connectivity index (χ3v) is 3.00. The van der Waals surface area contributed by atoms with Crippen LogP contribution in [0.3, 0.4) is 0 Å². The first kappa shape index (κ1) is 12.5. The molecule has 0 spiro atoms. The van der Waals surface area contributed by atoms with E-state index in [1.165, 1.54) is 0 Å². The van der Waals surface area contributed by atoms with E-state index >= 15 is 0 Å². The Morgan fingerprint density at radius 3 is 2.83 bits per heavy atom. The minimum atomic E-state index is -0.915. The van der Waals surface area contributed by atoms with Crippen LogP contribution in [0.15, 0.2) is 24.3 Å². The van der Waals surface area contributed by atoms with Gasteiger partial charge in [0.2, 0.25) is 0 Å². The summed E-state index contributed by atoms with van der Waals surface area (Å²) in [5, 5.41) is 9.95. The molecule has 0 amide bonds. The number of ether oxygens (including phenoxy) is 1. The minimum Gasteiger partial charge on any atom is -0.494 e. The molecule has 0 radical (unpaired) electrons. The Balaban J connectivity index is 2.31. The van der Waals surface area contributed by atoms with Crippen LogP contribution < -0.4 is 4.74 Å². The molecule has 1 aromatic heterocycles. The number of benzene rings is 1. The summed E-state index contributed by atoms with van der Waals surface area (Å²) in [5.74, 6) is -0.124. The van der Waals surface area contributed by atoms with Gasteiger partial charge in [0.15, 0.2) is 0 Å². The van der Waals surface area contributed by atoms with Crippen molar-refractivity contribution in [2.45, 2.75) is 19.8 Å². The van der Waals surface area contributed by atoms with Crippen LogP contribution in [0.4, 0.5) is 0 Å². The Kier molecular flexibility index (Phi) is 3.55. The molecule has 0 atom stereocenters. The van der Waals surface area contributed by atoms with Gasteiger partial charge in [-0.15, -0.1) is 0 Å². The number of nitrogens with zero attached hydrogens (tertiary/aromatic N) is 1. The molecule has 0 aliphatic rings. The second kappa shape index (κ2) is 5.12. The van der Waals surface area contributed by atoms with E-state index in [-0.39, 0.29) is 5.69 Å². The van der Waals surface area contributed by atoms with Gasteiger partial charge in [0.1, 0.15) is 11.4 Å². The fourth-order valence-corrected chi connectivity index (χ4v) is 1.96. The molecular weight excluding hydrogens is 230 g/mol. The first-order valence-electron chi connectivity index (χ1n) is 6.09. The molecule has 0 fully saturated rings. The summed E-state index contributed by atoms with van der Waals surface area (Å²) in [5.41, 5.74) is 1.19. The third-order valence-electron chi connectivity index (χ3n) is 3.00. The standard InChI is InChI=1S/C14H17NO3/c1-3-4-7-18-11-5-6-12-10(8-11)9-13(14(16)17)15(12)2/h5-6,8-9H,3-4,7H2,1-2H3,(H,16,17). The van der Waals surface area contributed by atoms with E-state index in [9.17, 15) is 4.79 Å². The number of aromatic nitrogens is 1. The summed E-state index contributed by atoms with van der Waals surface area (Å²) in [6.45, 7) is 2.81. The highest BCUT2D eigenvalue weighted by Gasteiger charge is 2.12. The predicted molar refractivity (Wildman–Crippen MR) is 70.3 cm³/mol. The van der Waals surface area contributed by atoms with E-state index in [0.29, 0.717) is 6.61 Å². The summed E-state index contributed by atoms with van der Waals surface area (Å²) in [6.07, 6.45) is 2.12. The molecule has 1 heterocycles. The van der Waals surface area contributed by atoms with E-state index in [1.807, 2.05) is 18.2 Å². The van der Waals surface area contributed by atoms with E-state index < -0.39 is 5.97 Å². The molecule has 4 heteroatoms. The molecule has 2 aromatic rings. The Labute approximate surface area is 106 Å². The molecule has 0 aliphatic carbocycles. The highest BCUT2D eigenvalue weighted by atomic mass is 16.5. The average Bonchev–Trinajstić information content (AvgIpc) is 2.67. The van der Waals surface area contributed by atoms with Crippen molar-refractivity contribution in [3.63, 3.8) is 0 Å². The zero-order valence-electron chi connectivity index (χ0n) is 10.6. The molecule has 0 unspecified atom stereocenters. The molecule has 1 N–H and O–H groups in total. The lowest BCUT2D eigenvalue weighted by atomic mass is 10.2. The lowest BCUT2D eigenvalue weighted by molar-refractivity contribution is 0.0687. The Morgan fingerprint density at radius 1 is 1.39 bits per heavy atom. The van der Waals surface area contributed by atoms with Crippen molar-refractivity contribution in [1.82, 2.24) is 4.57 Å². The van der Waals surface area contributed by atoms with Gasteiger partial charge in [-0.05, 0) is 30.7 Å². The molecule has 0 saturated carbocycles. The maximum atomic E-state index is 11.0. The number of unbranched alkanes of at least 4 members (excludes halogenated alkanes) is 1. The van der Waals surface area contributed by atoms with E-state index in [0.717, 1.165) is 29.5 Å². The zero-order valence-corrected chi connectivity index (χ0v) is 10.6. The van der Waals surface area contributed by atoms with Crippen LogP contribution in [0.2, 0.25) is 0 Å². The molecular formula is C14H17NO3. The van der Waals surface area contributed by atoms with E-state index in [1.54, 1.807) is 17.7 Å². The quantitative estimate of drug-likeness (QED) is 0.826. The average molecular weight is 247 g/mol. The van der Waals surface area contributed by atoms with Crippen LogP contribution in [-0.4, -0.2) is 22.2 Å². The first-order chi connectivity index (χ1) is 8.63. The van der Waals surface area contributed by atoms with Crippen molar-refractivity contribution < 1.29 is 14.6 Å². The number of carboxylic acid groups (broad SMARTS) is 1. The summed E-state index contributed by atoms with van der Waals surface area (Å²) in [6, 6.07) is 7.33. The first-order valence-corrected chi connectivity index (χ1v) is 6.09. The number of hydrogen-bond acceptors (Lipinski definition) is 2. The lowest BCUT2D eigenvalue weighted by Gasteiger charge is -2.05. The number of carbonyl (C=O) groups is 1. The second-order valence-corrected chi connectivity index (χ2v) is 4.32. The van der Waals surface area contributed by atoms with Crippen LogP contribution in [0.5, 0.6) is 5.75 Å². The van der Waals surface area contributed by atoms with Crippen molar-refractivity contribution in [2.75, 3.05) is 6.61 Å². The van der Waals surface area contributed by atoms with Gasteiger partial charge in [0.05, 0.1) is 6.61 Å². The lowest BCUT2D eigenvalue weighted by Crippen LogP contribution is -2.03. The van der Waals surface area contributed by atoms with Crippen LogP contribution in [0.1, 0.15) is 30.3 Å². The van der Waals surface area contributed by atoms with Crippen molar-refractivity contribution in [1.29, 1.82) is 0 Å². The van der Waals surface area contributed by atoms with Gasteiger partial charge in [-0.25, -0.2) is 4.79 Å². The fraction of sp³-hybridized carbons (Fsp3) is 0.357. The molecule has 0 saturated heterocycles. The molecule has 2 rings (SSSR count). The fourth-order valence-electron chi connectivity index (χ4n) is 1.96. The van der Waals surface area contributed by atoms with E-state index in [4.69, 9.17) is 9.84 Å². The number of hydrogen-bond donors (Lipinski definition) is 1. The molecule has 0 aliphatic heterocycles. The maximum Gasteiger partial charge on any atom is 0.352 e. The highest BCUT2D eigenvalue weighted by Crippen LogP contribution is 2.24. The molecule has 96 valence electrons. The van der Waals surface area contributed by atoms with Gasteiger partial charge in [0, 0.05) is 18.0 Å². The third kappa shape index (κ3) is 2.32. The number of aryl methyl sites for hydroxylation is 1. The summed E-state index contributed by atoms with van der Waals surface area (Å²) in [4.78, 5) is 11.0. The van der Waals surface area contributed by atoms with Gasteiger partial charge < -0.3 is 14.4 Å². The van der Waals surface area contributed by atoms with Gasteiger partial charge in [-0.2, -0.15) is 0 Å². The Hall–Kier alpha value is -1.97. The Morgan fingerprint density at radius 2 is 2.17 bits per heavy atom. The SMILES string of the molecule is CCCCOc1ccc2c(c1)cc(C(=O)O)n2C. The van der Waals surface area contributed by atoms with Gasteiger partial charge in [-0.3, -0.25) is 0 Å². The Bertz CT molecular complexity index is 572. The number of aromatic carboxylic acids is 1. The largest absolute Gasteiger partial charge is 0.494 e. The van der Waals surface area contributed by atoms with Crippen molar-refractivity contribution in [2.24, 2.45) is 7.05 Å². The predicted octanol–water partition coefficient (Wildman–Crippen LogP) is 3.06. The molecule has 18 heavy (non-hydrogen) atoms. The van der Waals surface area contributed by atoms with Gasteiger partial charge >= 0.3 is 5.97 Å². The van der Waals surface area contributed by atoms with E-state index in [2.05, 4.69) is 6.92 Å². The number of rotatable bonds is 5. The second-order valence-electron chi connectivity index (χ2n) is 4.32. The maximum absolute atomic E-state index is 11.0. The smallest absolute Gasteiger partial charge is 0.352 e. The molecule has 0 bridgehead atoms. The summed E-state index contributed by atoms with van der Waals surface area (Å²) in [7, 11) is 1.75. The molecule has 4 nitrogen and oxygen atoms in total. The highest BCUT2D eigenvalue weighted by molar-refractivity contribution is 5.94. The van der Waals surface area contributed by atoms with Crippen molar-refractivity contribution in [3.05, 3.63) is 30.0 Å². The van der Waals surface area contributed by atoms with Crippen LogP contribution in [0, 0.1) is 0 Å². The number of fused-ring (bicyclic) bond motifs is 1. The monoisotopic (exact) mass is 247 g/mol. The van der Waals surface area contributed by atoms with Crippen molar-refractivity contribution in [3.8, 4) is 5.75 Å². The van der Waals surface area contributed by atoms with Crippen LogP contribution in [0.25, 0.3) is 10.9 Å². The molecule has 1 aromatic carbocycles. The minimum absolute atomic E-state index is 0.288. The summed E-state index contributed by atoms with van der Waals surface area (Å²) < 4.78 is 7.28. The topological polar surface area (TPSA) is 51.5 Å². The van der Waals surface area contributed by atoms with Gasteiger partial charge in [0.25, 0.3) is 0 Å². The number of carboxylic acids is 1. The normalized spacial score (nSPS) is 10.8. The van der Waals surface area contributed by atoms with Crippen molar-refractivity contribution >= 4 is 16.9 Å². The van der Waals surface area contributed by atoms with Crippen LogP contribution >= 0.6 is 0 Å². The van der Waals surface area contributed by atoms with Crippen LogP contribution in [-0.2, 0) is 7.05 Å². The summed E-state index contributed by atoms with van der Waals surface area (Å²) >= 11 is 0. The van der Waals surface area contributed by atoms with Gasteiger partial charge in [-0.1, -0.05) is 13.3 Å². The zero-order chi connectivity index (χ0) is 13.1.